The highest BCUT2D eigenvalue weighted by Gasteiger charge is 2.55. The molecule has 0 atom stereocenters. The molecule has 5 rings (SSSR count). The molecule has 1 amide bonds. The number of hydrogen-bond acceptors (Lipinski definition) is 3. The van der Waals surface area contributed by atoms with Gasteiger partial charge in [0.1, 0.15) is 0 Å². The van der Waals surface area contributed by atoms with E-state index in [1.54, 1.807) is 0 Å². The Balaban J connectivity index is 1.27. The van der Waals surface area contributed by atoms with E-state index in [4.69, 9.17) is 0 Å². The molecule has 4 heteroatoms. The largest absolute Gasteiger partial charge is 0.345 e. The number of hydrogen-bond donors (Lipinski definition) is 0. The van der Waals surface area contributed by atoms with Gasteiger partial charge in [0.2, 0.25) is 5.91 Å². The van der Waals surface area contributed by atoms with Crippen molar-refractivity contribution in [1.29, 1.82) is 0 Å². The molecule has 0 spiro atoms. The molecule has 24 heavy (non-hydrogen) atoms. The van der Waals surface area contributed by atoms with E-state index >= 15 is 0 Å². The van der Waals surface area contributed by atoms with Gasteiger partial charge in [-0.1, -0.05) is 0 Å². The summed E-state index contributed by atoms with van der Waals surface area (Å²) >= 11 is 0. The second-order valence-electron chi connectivity index (χ2n) is 9.42. The first kappa shape index (κ1) is 16.8. The quantitative estimate of drug-likeness (QED) is 0.772. The predicted molar refractivity (Wildman–Crippen MR) is 96.8 cm³/mol. The maximum Gasteiger partial charge on any atom is 0.228 e. The zero-order valence-electron chi connectivity index (χ0n) is 15.7. The van der Waals surface area contributed by atoms with Crippen molar-refractivity contribution < 1.29 is 4.79 Å². The highest BCUT2D eigenvalue weighted by Crippen LogP contribution is 2.60. The summed E-state index contributed by atoms with van der Waals surface area (Å²) in [6.45, 7) is 6.82. The van der Waals surface area contributed by atoms with Crippen LogP contribution in [0.25, 0.3) is 0 Å². The van der Waals surface area contributed by atoms with Crippen LogP contribution in [0, 0.1) is 23.2 Å². The van der Waals surface area contributed by atoms with Crippen LogP contribution in [-0.2, 0) is 4.79 Å². The van der Waals surface area contributed by atoms with E-state index in [-0.39, 0.29) is 5.41 Å². The molecule has 5 fully saturated rings. The summed E-state index contributed by atoms with van der Waals surface area (Å²) in [5, 5.41) is 0. The van der Waals surface area contributed by atoms with Crippen molar-refractivity contribution in [3.63, 3.8) is 0 Å². The molecule has 5 aliphatic rings. The summed E-state index contributed by atoms with van der Waals surface area (Å²) < 4.78 is 0. The van der Waals surface area contributed by atoms with Crippen LogP contribution in [0.15, 0.2) is 0 Å². The molecule has 4 nitrogen and oxygen atoms in total. The third kappa shape index (κ3) is 3.24. The van der Waals surface area contributed by atoms with Crippen LogP contribution in [0.2, 0.25) is 0 Å². The molecule has 136 valence electrons. The van der Waals surface area contributed by atoms with Crippen molar-refractivity contribution in [2.45, 2.75) is 44.9 Å². The van der Waals surface area contributed by atoms with Crippen LogP contribution in [0.4, 0.5) is 0 Å². The standard InChI is InChI=1S/C20H35N3O/c1-21-6-8-23(9-7-21)5-3-4-22(2)19(24)20-13-16-10-17(14-20)12-18(11-16)15-20/h16-18H,3-15H2,1-2H3. The topological polar surface area (TPSA) is 26.8 Å². The molecular formula is C20H35N3O. The van der Waals surface area contributed by atoms with Gasteiger partial charge < -0.3 is 14.7 Å². The highest BCUT2D eigenvalue weighted by molar-refractivity contribution is 5.83. The van der Waals surface area contributed by atoms with E-state index in [9.17, 15) is 4.79 Å². The minimum Gasteiger partial charge on any atom is -0.345 e. The summed E-state index contributed by atoms with van der Waals surface area (Å²) in [6.07, 6.45) is 8.96. The highest BCUT2D eigenvalue weighted by atomic mass is 16.2. The lowest BCUT2D eigenvalue weighted by Crippen LogP contribution is -2.54. The molecule has 1 heterocycles. The predicted octanol–water partition coefficient (Wildman–Crippen LogP) is 2.30. The van der Waals surface area contributed by atoms with Gasteiger partial charge in [0, 0.05) is 39.8 Å². The van der Waals surface area contributed by atoms with Crippen molar-refractivity contribution in [2.75, 3.05) is 53.4 Å². The minimum absolute atomic E-state index is 0.0390. The first-order valence-electron chi connectivity index (χ1n) is 10.2. The molecule has 0 N–H and O–H groups in total. The van der Waals surface area contributed by atoms with Gasteiger partial charge in [-0.3, -0.25) is 4.79 Å². The lowest BCUT2D eigenvalue weighted by Gasteiger charge is -2.56. The third-order valence-corrected chi connectivity index (χ3v) is 7.40. The molecule has 1 aliphatic heterocycles. The second-order valence-corrected chi connectivity index (χ2v) is 9.42. The molecular weight excluding hydrogens is 298 g/mol. The van der Waals surface area contributed by atoms with Crippen molar-refractivity contribution in [2.24, 2.45) is 23.2 Å². The van der Waals surface area contributed by atoms with Crippen LogP contribution in [-0.4, -0.2) is 74.0 Å². The number of carbonyl (C=O) groups is 1. The molecule has 4 saturated carbocycles. The van der Waals surface area contributed by atoms with Crippen LogP contribution in [0.3, 0.4) is 0 Å². The van der Waals surface area contributed by atoms with Gasteiger partial charge in [0.05, 0.1) is 5.41 Å². The van der Waals surface area contributed by atoms with Crippen molar-refractivity contribution in [3.05, 3.63) is 0 Å². The molecule has 0 aromatic carbocycles. The molecule has 0 radical (unpaired) electrons. The molecule has 0 unspecified atom stereocenters. The normalized spacial score (nSPS) is 39.3. The maximum atomic E-state index is 13.2. The van der Waals surface area contributed by atoms with E-state index in [2.05, 4.69) is 28.8 Å². The van der Waals surface area contributed by atoms with Crippen LogP contribution >= 0.6 is 0 Å². The van der Waals surface area contributed by atoms with E-state index in [0.717, 1.165) is 37.3 Å². The first-order valence-corrected chi connectivity index (χ1v) is 10.2. The van der Waals surface area contributed by atoms with Crippen LogP contribution in [0.1, 0.15) is 44.9 Å². The number of piperazine rings is 1. The molecule has 0 aromatic heterocycles. The lowest BCUT2D eigenvalue weighted by atomic mass is 9.49. The minimum atomic E-state index is 0.0390. The Kier molecular flexibility index (Phi) is 4.63. The SMILES string of the molecule is CN1CCN(CCCN(C)C(=O)C23CC4CC(CC(C4)C2)C3)CC1. The number of amides is 1. The Hall–Kier alpha value is -0.610. The van der Waals surface area contributed by atoms with Crippen molar-refractivity contribution in [3.8, 4) is 0 Å². The van der Waals surface area contributed by atoms with Gasteiger partial charge >= 0.3 is 0 Å². The average Bonchev–Trinajstić information content (AvgIpc) is 2.54. The fraction of sp³-hybridized carbons (Fsp3) is 0.950. The fourth-order valence-electron chi connectivity index (χ4n) is 6.48. The smallest absolute Gasteiger partial charge is 0.228 e. The Morgan fingerprint density at radius 1 is 1.00 bits per heavy atom. The van der Waals surface area contributed by atoms with E-state index < -0.39 is 0 Å². The zero-order chi connectivity index (χ0) is 16.7. The summed E-state index contributed by atoms with van der Waals surface area (Å²) in [6, 6.07) is 0. The lowest BCUT2D eigenvalue weighted by molar-refractivity contribution is -0.156. The van der Waals surface area contributed by atoms with Crippen molar-refractivity contribution in [1.82, 2.24) is 14.7 Å². The summed E-state index contributed by atoms with van der Waals surface area (Å²) in [5.74, 6) is 3.07. The number of likely N-dealkylation sites (N-methyl/N-ethyl adjacent to an activating group) is 1. The number of rotatable bonds is 5. The molecule has 0 aromatic rings. The molecule has 4 aliphatic carbocycles. The van der Waals surface area contributed by atoms with Gasteiger partial charge in [-0.25, -0.2) is 0 Å². The monoisotopic (exact) mass is 333 g/mol. The van der Waals surface area contributed by atoms with Crippen LogP contribution in [0.5, 0.6) is 0 Å². The van der Waals surface area contributed by atoms with Gasteiger partial charge in [0.25, 0.3) is 0 Å². The maximum absolute atomic E-state index is 13.2. The third-order valence-electron chi connectivity index (χ3n) is 7.40. The van der Waals surface area contributed by atoms with Crippen molar-refractivity contribution >= 4 is 5.91 Å². The summed E-state index contributed by atoms with van der Waals surface area (Å²) in [7, 11) is 4.26. The Morgan fingerprint density at radius 2 is 1.54 bits per heavy atom. The van der Waals surface area contributed by atoms with Gasteiger partial charge in [-0.15, -0.1) is 0 Å². The Bertz CT molecular complexity index is 434. The zero-order valence-corrected chi connectivity index (χ0v) is 15.7. The summed E-state index contributed by atoms with van der Waals surface area (Å²) in [4.78, 5) is 20.3. The first-order chi connectivity index (χ1) is 11.5. The molecule has 4 bridgehead atoms. The van der Waals surface area contributed by atoms with Gasteiger partial charge in [0.15, 0.2) is 0 Å². The van der Waals surface area contributed by atoms with Gasteiger partial charge in [-0.05, 0) is 76.3 Å². The summed E-state index contributed by atoms with van der Waals surface area (Å²) in [5.41, 5.74) is 0.0390. The van der Waals surface area contributed by atoms with Gasteiger partial charge in [-0.2, -0.15) is 0 Å². The number of nitrogens with zero attached hydrogens (tertiary/aromatic N) is 3. The number of carbonyl (C=O) groups excluding carboxylic acids is 1. The Morgan fingerprint density at radius 3 is 2.08 bits per heavy atom. The van der Waals surface area contributed by atoms with E-state index in [0.29, 0.717) is 5.91 Å². The van der Waals surface area contributed by atoms with Crippen LogP contribution < -0.4 is 0 Å². The van der Waals surface area contributed by atoms with E-state index in [1.807, 2.05) is 0 Å². The fourth-order valence-corrected chi connectivity index (χ4v) is 6.48. The molecule has 1 saturated heterocycles. The Labute approximate surface area is 147 Å². The second kappa shape index (κ2) is 6.60. The van der Waals surface area contributed by atoms with E-state index in [1.165, 1.54) is 64.7 Å². The average molecular weight is 334 g/mol.